The molecule has 0 aliphatic carbocycles. The highest BCUT2D eigenvalue weighted by molar-refractivity contribution is 9.10. The molecule has 1 aromatic carbocycles. The molecule has 0 amide bonds. The molecule has 0 aliphatic heterocycles. The van der Waals surface area contributed by atoms with Crippen LogP contribution in [0.3, 0.4) is 0 Å². The maximum Gasteiger partial charge on any atom is 0.343 e. The summed E-state index contributed by atoms with van der Waals surface area (Å²) in [4.78, 5) is 11.5. The third kappa shape index (κ3) is 3.26. The normalized spacial score (nSPS) is 10.8. The molecule has 1 aromatic heterocycles. The van der Waals surface area contributed by atoms with Crippen LogP contribution in [0.5, 0.6) is 0 Å². The molecule has 0 bridgehead atoms. The lowest BCUT2D eigenvalue weighted by Crippen LogP contribution is -2.17. The smallest absolute Gasteiger partial charge is 0.270 e. The molecule has 0 atom stereocenters. The highest BCUT2D eigenvalue weighted by atomic mass is 79.9. The van der Waals surface area contributed by atoms with Gasteiger partial charge in [-0.1, -0.05) is 46.7 Å². The van der Waals surface area contributed by atoms with Crippen molar-refractivity contribution in [2.24, 2.45) is 0 Å². The predicted molar refractivity (Wildman–Crippen MR) is 76.8 cm³/mol. The van der Waals surface area contributed by atoms with Crippen LogP contribution in [0.15, 0.2) is 38.7 Å². The molecule has 18 heavy (non-hydrogen) atoms. The zero-order chi connectivity index (χ0) is 13.0. The van der Waals surface area contributed by atoms with E-state index in [-0.39, 0.29) is 5.69 Å². The van der Waals surface area contributed by atoms with Crippen molar-refractivity contribution >= 4 is 27.7 Å². The Balaban J connectivity index is 2.08. The first-order valence-corrected chi connectivity index (χ1v) is 7.51. The van der Waals surface area contributed by atoms with Gasteiger partial charge >= 0.3 is 5.69 Å². The van der Waals surface area contributed by atoms with E-state index in [0.29, 0.717) is 6.54 Å². The standard InChI is InChI=1S/C12H14BrN3OS/c1-2-6-16-11(17)14-15-12(16)18-8-9-4-3-5-10(13)7-9/h3-5,7H,2,6,8H2,1H3,(H,14,17). The highest BCUT2D eigenvalue weighted by Crippen LogP contribution is 2.21. The molecule has 0 spiro atoms. The summed E-state index contributed by atoms with van der Waals surface area (Å²) in [5, 5.41) is 7.30. The lowest BCUT2D eigenvalue weighted by atomic mass is 10.2. The predicted octanol–water partition coefficient (Wildman–Crippen LogP) is 3.04. The number of rotatable bonds is 5. The Bertz CT molecular complexity index is 579. The van der Waals surface area contributed by atoms with Crippen LogP contribution in [0.2, 0.25) is 0 Å². The Morgan fingerprint density at radius 3 is 3.06 bits per heavy atom. The lowest BCUT2D eigenvalue weighted by Gasteiger charge is -2.04. The van der Waals surface area contributed by atoms with Crippen LogP contribution in [0.1, 0.15) is 18.9 Å². The van der Waals surface area contributed by atoms with Crippen LogP contribution >= 0.6 is 27.7 Å². The number of H-pyrrole nitrogens is 1. The van der Waals surface area contributed by atoms with Crippen LogP contribution < -0.4 is 5.69 Å². The van der Waals surface area contributed by atoms with Gasteiger partial charge in [0.2, 0.25) is 0 Å². The van der Waals surface area contributed by atoms with E-state index in [1.54, 1.807) is 16.3 Å². The zero-order valence-electron chi connectivity index (χ0n) is 10.0. The summed E-state index contributed by atoms with van der Waals surface area (Å²) >= 11 is 5.01. The van der Waals surface area contributed by atoms with Crippen LogP contribution in [-0.4, -0.2) is 14.8 Å². The van der Waals surface area contributed by atoms with Gasteiger partial charge in [0.25, 0.3) is 0 Å². The van der Waals surface area contributed by atoms with Gasteiger partial charge in [-0.2, -0.15) is 0 Å². The summed E-state index contributed by atoms with van der Waals surface area (Å²) < 4.78 is 2.75. The molecule has 1 heterocycles. The number of halogens is 1. The van der Waals surface area contributed by atoms with E-state index in [9.17, 15) is 4.79 Å². The lowest BCUT2D eigenvalue weighted by molar-refractivity contribution is 0.604. The molecule has 2 rings (SSSR count). The summed E-state index contributed by atoms with van der Waals surface area (Å²) in [6.45, 7) is 2.75. The van der Waals surface area contributed by atoms with Gasteiger partial charge in [0.05, 0.1) is 0 Å². The van der Waals surface area contributed by atoms with Gasteiger partial charge in [0.1, 0.15) is 0 Å². The molecule has 0 saturated heterocycles. The van der Waals surface area contributed by atoms with E-state index >= 15 is 0 Å². The first-order valence-electron chi connectivity index (χ1n) is 5.73. The summed E-state index contributed by atoms with van der Waals surface area (Å²) in [5.41, 5.74) is 1.07. The second-order valence-corrected chi connectivity index (χ2v) is 5.74. The first-order chi connectivity index (χ1) is 8.70. The molecular formula is C12H14BrN3OS. The van der Waals surface area contributed by atoms with Gasteiger partial charge < -0.3 is 0 Å². The third-order valence-electron chi connectivity index (χ3n) is 2.43. The highest BCUT2D eigenvalue weighted by Gasteiger charge is 2.08. The van der Waals surface area contributed by atoms with Crippen LogP contribution in [-0.2, 0) is 12.3 Å². The van der Waals surface area contributed by atoms with Crippen molar-refractivity contribution in [3.05, 3.63) is 44.8 Å². The molecule has 0 fully saturated rings. The fourth-order valence-electron chi connectivity index (χ4n) is 1.61. The maximum atomic E-state index is 11.5. The summed E-state index contributed by atoms with van der Waals surface area (Å²) in [6, 6.07) is 8.13. The topological polar surface area (TPSA) is 50.7 Å². The third-order valence-corrected chi connectivity index (χ3v) is 3.97. The van der Waals surface area contributed by atoms with Crippen molar-refractivity contribution in [1.29, 1.82) is 0 Å². The minimum Gasteiger partial charge on any atom is -0.270 e. The molecular weight excluding hydrogens is 314 g/mol. The van der Waals surface area contributed by atoms with Crippen molar-refractivity contribution < 1.29 is 0 Å². The molecule has 2 aromatic rings. The van der Waals surface area contributed by atoms with E-state index in [2.05, 4.69) is 38.3 Å². The number of nitrogens with one attached hydrogen (secondary N) is 1. The Morgan fingerprint density at radius 2 is 2.33 bits per heavy atom. The summed E-state index contributed by atoms with van der Waals surface area (Å²) in [6.07, 6.45) is 0.921. The van der Waals surface area contributed by atoms with Crippen LogP contribution in [0.4, 0.5) is 0 Å². The largest absolute Gasteiger partial charge is 0.343 e. The number of thioether (sulfide) groups is 1. The molecule has 0 aliphatic rings. The minimum absolute atomic E-state index is 0.131. The van der Waals surface area contributed by atoms with Gasteiger partial charge in [0, 0.05) is 16.8 Å². The van der Waals surface area contributed by atoms with E-state index in [1.807, 2.05) is 19.1 Å². The number of aromatic amines is 1. The zero-order valence-corrected chi connectivity index (χ0v) is 12.4. The average Bonchev–Trinajstić information content (AvgIpc) is 2.69. The van der Waals surface area contributed by atoms with Gasteiger partial charge in [0.15, 0.2) is 5.16 Å². The molecule has 1 N–H and O–H groups in total. The Kier molecular flexibility index (Phi) is 4.66. The molecule has 0 unspecified atom stereocenters. The summed E-state index contributed by atoms with van der Waals surface area (Å²) in [7, 11) is 0. The van der Waals surface area contributed by atoms with Crippen LogP contribution in [0, 0.1) is 0 Å². The van der Waals surface area contributed by atoms with Gasteiger partial charge in [-0.25, -0.2) is 9.89 Å². The average molecular weight is 328 g/mol. The van der Waals surface area contributed by atoms with Crippen molar-refractivity contribution in [3.63, 3.8) is 0 Å². The Hall–Kier alpha value is -1.01. The fourth-order valence-corrected chi connectivity index (χ4v) is 2.97. The SMILES string of the molecule is CCCn1c(SCc2cccc(Br)c2)n[nH]c1=O. The number of nitrogens with zero attached hydrogens (tertiary/aromatic N) is 2. The fraction of sp³-hybridized carbons (Fsp3) is 0.333. The molecule has 0 saturated carbocycles. The van der Waals surface area contributed by atoms with E-state index in [4.69, 9.17) is 0 Å². The van der Waals surface area contributed by atoms with Gasteiger partial charge in [-0.15, -0.1) is 5.10 Å². The Morgan fingerprint density at radius 1 is 1.50 bits per heavy atom. The van der Waals surface area contributed by atoms with E-state index in [1.165, 1.54) is 5.56 Å². The van der Waals surface area contributed by atoms with Crippen molar-refractivity contribution in [2.75, 3.05) is 0 Å². The number of hydrogen-bond donors (Lipinski definition) is 1. The van der Waals surface area contributed by atoms with E-state index < -0.39 is 0 Å². The first kappa shape index (κ1) is 13.4. The molecule has 0 radical (unpaired) electrons. The van der Waals surface area contributed by atoms with Crippen molar-refractivity contribution in [2.45, 2.75) is 30.8 Å². The van der Waals surface area contributed by atoms with Crippen LogP contribution in [0.25, 0.3) is 0 Å². The summed E-state index contributed by atoms with van der Waals surface area (Å²) in [5.74, 6) is 0.799. The second kappa shape index (κ2) is 6.24. The van der Waals surface area contributed by atoms with Crippen molar-refractivity contribution in [3.8, 4) is 0 Å². The number of benzene rings is 1. The second-order valence-electron chi connectivity index (χ2n) is 3.88. The Labute approximate surface area is 118 Å². The minimum atomic E-state index is -0.131. The van der Waals surface area contributed by atoms with Crippen molar-refractivity contribution in [1.82, 2.24) is 14.8 Å². The monoisotopic (exact) mass is 327 g/mol. The molecule has 4 nitrogen and oxygen atoms in total. The maximum absolute atomic E-state index is 11.5. The van der Waals surface area contributed by atoms with E-state index in [0.717, 1.165) is 21.8 Å². The number of hydrogen-bond acceptors (Lipinski definition) is 3. The molecule has 96 valence electrons. The molecule has 6 heteroatoms. The van der Waals surface area contributed by atoms with Gasteiger partial charge in [-0.3, -0.25) is 4.57 Å². The number of aromatic nitrogens is 3. The quantitative estimate of drug-likeness (QED) is 0.859. The van der Waals surface area contributed by atoms with Gasteiger partial charge in [-0.05, 0) is 24.1 Å².